The Morgan fingerprint density at radius 1 is 1.52 bits per heavy atom. The Bertz CT molecular complexity index is 714. The van der Waals surface area contributed by atoms with Crippen LogP contribution in [-0.4, -0.2) is 28.1 Å². The summed E-state index contributed by atoms with van der Waals surface area (Å²) in [6.45, 7) is 3.81. The van der Waals surface area contributed by atoms with Gasteiger partial charge < -0.3 is 16.2 Å². The number of amides is 1. The number of aryl methyl sites for hydroxylation is 2. The Hall–Kier alpha value is -1.66. The Morgan fingerprint density at radius 2 is 2.24 bits per heavy atom. The average molecular weight is 305 g/mol. The molecule has 1 fully saturated rings. The summed E-state index contributed by atoms with van der Waals surface area (Å²) >= 11 is 1.39. The van der Waals surface area contributed by atoms with Crippen LogP contribution in [0.4, 0.5) is 5.69 Å². The summed E-state index contributed by atoms with van der Waals surface area (Å²) in [7, 11) is 0. The standard InChI is InChI=1S/C15H19N3O2S/c1-8-6-10-11(9(2)17-8)12(16)13(21-10)14(20)18-15(7-19)4-3-5-15/h6,19H,3-5,7,16H2,1-2H3,(H,18,20). The molecular formula is C15H19N3O2S. The van der Waals surface area contributed by atoms with Crippen molar-refractivity contribution in [2.45, 2.75) is 38.6 Å². The number of carbonyl (C=O) groups is 1. The number of aliphatic hydroxyl groups excluding tert-OH is 1. The number of hydrogen-bond acceptors (Lipinski definition) is 5. The van der Waals surface area contributed by atoms with E-state index in [9.17, 15) is 9.90 Å². The van der Waals surface area contributed by atoms with Gasteiger partial charge in [0.2, 0.25) is 0 Å². The summed E-state index contributed by atoms with van der Waals surface area (Å²) in [6.07, 6.45) is 2.67. The van der Waals surface area contributed by atoms with Crippen LogP contribution in [0.5, 0.6) is 0 Å². The quantitative estimate of drug-likeness (QED) is 0.810. The number of aromatic nitrogens is 1. The molecule has 0 spiro atoms. The number of nitrogens with zero attached hydrogens (tertiary/aromatic N) is 1. The summed E-state index contributed by atoms with van der Waals surface area (Å²) in [5.41, 5.74) is 7.95. The van der Waals surface area contributed by atoms with E-state index in [1.807, 2.05) is 19.9 Å². The van der Waals surface area contributed by atoms with E-state index < -0.39 is 5.54 Å². The highest BCUT2D eigenvalue weighted by Crippen LogP contribution is 2.37. The predicted octanol–water partition coefficient (Wildman–Crippen LogP) is 2.14. The fourth-order valence-corrected chi connectivity index (χ4v) is 4.04. The third kappa shape index (κ3) is 2.28. The van der Waals surface area contributed by atoms with Gasteiger partial charge in [-0.25, -0.2) is 0 Å². The number of fused-ring (bicyclic) bond motifs is 1. The van der Waals surface area contributed by atoms with Gasteiger partial charge in [-0.15, -0.1) is 11.3 Å². The first kappa shape index (κ1) is 14.3. The molecule has 6 heteroatoms. The average Bonchev–Trinajstić information content (AvgIpc) is 2.71. The SMILES string of the molecule is Cc1cc2sc(C(=O)NC3(CO)CCC3)c(N)c2c(C)n1. The molecule has 2 aromatic rings. The van der Waals surface area contributed by atoms with Gasteiger partial charge >= 0.3 is 0 Å². The van der Waals surface area contributed by atoms with Gasteiger partial charge in [-0.2, -0.15) is 0 Å². The summed E-state index contributed by atoms with van der Waals surface area (Å²) in [4.78, 5) is 17.4. The van der Waals surface area contributed by atoms with Crippen LogP contribution in [0.25, 0.3) is 10.1 Å². The number of aliphatic hydroxyl groups is 1. The first-order valence-corrected chi connectivity index (χ1v) is 7.87. The summed E-state index contributed by atoms with van der Waals surface area (Å²) in [6, 6.07) is 1.95. The van der Waals surface area contributed by atoms with E-state index in [2.05, 4.69) is 10.3 Å². The lowest BCUT2D eigenvalue weighted by Gasteiger charge is -2.40. The topological polar surface area (TPSA) is 88.2 Å². The minimum absolute atomic E-state index is 0.0246. The fraction of sp³-hybridized carbons (Fsp3) is 0.467. The van der Waals surface area contributed by atoms with E-state index in [4.69, 9.17) is 5.73 Å². The van der Waals surface area contributed by atoms with E-state index >= 15 is 0 Å². The molecule has 2 aromatic heterocycles. The predicted molar refractivity (Wildman–Crippen MR) is 84.6 cm³/mol. The second-order valence-electron chi connectivity index (χ2n) is 5.81. The van der Waals surface area contributed by atoms with Crippen LogP contribution < -0.4 is 11.1 Å². The second kappa shape index (κ2) is 4.96. The second-order valence-corrected chi connectivity index (χ2v) is 6.87. The van der Waals surface area contributed by atoms with Gasteiger partial charge in [-0.1, -0.05) is 0 Å². The molecule has 1 aliphatic carbocycles. The van der Waals surface area contributed by atoms with E-state index in [0.717, 1.165) is 40.7 Å². The van der Waals surface area contributed by atoms with Crippen LogP contribution >= 0.6 is 11.3 Å². The monoisotopic (exact) mass is 305 g/mol. The molecule has 3 rings (SSSR count). The van der Waals surface area contributed by atoms with Gasteiger partial charge in [0.1, 0.15) is 4.88 Å². The van der Waals surface area contributed by atoms with Crippen molar-refractivity contribution in [2.75, 3.05) is 12.3 Å². The number of thiophene rings is 1. The molecule has 4 N–H and O–H groups in total. The van der Waals surface area contributed by atoms with Gasteiger partial charge in [-0.05, 0) is 39.2 Å². The smallest absolute Gasteiger partial charge is 0.264 e. The molecule has 0 radical (unpaired) electrons. The minimum Gasteiger partial charge on any atom is -0.397 e. The van der Waals surface area contributed by atoms with Crippen molar-refractivity contribution in [2.24, 2.45) is 0 Å². The van der Waals surface area contributed by atoms with Crippen LogP contribution in [0.1, 0.15) is 40.3 Å². The van der Waals surface area contributed by atoms with Gasteiger partial charge in [0, 0.05) is 21.5 Å². The minimum atomic E-state index is -0.455. The Kier molecular flexibility index (Phi) is 3.37. The zero-order valence-electron chi connectivity index (χ0n) is 12.2. The number of nitrogens with two attached hydrogens (primary N) is 1. The number of anilines is 1. The lowest BCUT2D eigenvalue weighted by atomic mass is 9.77. The van der Waals surface area contributed by atoms with Crippen molar-refractivity contribution in [3.63, 3.8) is 0 Å². The molecule has 2 heterocycles. The molecule has 1 amide bonds. The first-order chi connectivity index (χ1) is 9.96. The molecule has 112 valence electrons. The lowest BCUT2D eigenvalue weighted by Crippen LogP contribution is -2.56. The third-order valence-electron chi connectivity index (χ3n) is 4.22. The van der Waals surface area contributed by atoms with Gasteiger partial charge in [0.15, 0.2) is 0 Å². The van der Waals surface area contributed by atoms with Crippen LogP contribution in [0.2, 0.25) is 0 Å². The highest BCUT2D eigenvalue weighted by atomic mass is 32.1. The highest BCUT2D eigenvalue weighted by molar-refractivity contribution is 7.21. The molecule has 21 heavy (non-hydrogen) atoms. The number of pyridine rings is 1. The molecule has 0 aliphatic heterocycles. The van der Waals surface area contributed by atoms with E-state index in [-0.39, 0.29) is 12.5 Å². The van der Waals surface area contributed by atoms with Crippen molar-refractivity contribution < 1.29 is 9.90 Å². The van der Waals surface area contributed by atoms with Crippen LogP contribution in [-0.2, 0) is 0 Å². The molecule has 0 aromatic carbocycles. The fourth-order valence-electron chi connectivity index (χ4n) is 2.87. The molecular weight excluding hydrogens is 286 g/mol. The lowest BCUT2D eigenvalue weighted by molar-refractivity contribution is 0.0646. The maximum atomic E-state index is 12.5. The van der Waals surface area contributed by atoms with Crippen LogP contribution in [0.3, 0.4) is 0 Å². The molecule has 1 saturated carbocycles. The molecule has 0 atom stereocenters. The third-order valence-corrected chi connectivity index (χ3v) is 5.37. The van der Waals surface area contributed by atoms with Crippen molar-refractivity contribution in [3.8, 4) is 0 Å². The molecule has 5 nitrogen and oxygen atoms in total. The summed E-state index contributed by atoms with van der Waals surface area (Å²) in [5, 5.41) is 13.3. The zero-order valence-corrected chi connectivity index (χ0v) is 13.0. The highest BCUT2D eigenvalue weighted by Gasteiger charge is 2.38. The Balaban J connectivity index is 1.99. The van der Waals surface area contributed by atoms with Crippen LogP contribution in [0, 0.1) is 13.8 Å². The van der Waals surface area contributed by atoms with E-state index in [0.29, 0.717) is 10.6 Å². The Labute approximate surface area is 127 Å². The molecule has 0 bridgehead atoms. The summed E-state index contributed by atoms with van der Waals surface area (Å²) in [5.74, 6) is -0.195. The number of carbonyl (C=O) groups excluding carboxylic acids is 1. The first-order valence-electron chi connectivity index (χ1n) is 7.05. The molecule has 0 saturated heterocycles. The zero-order chi connectivity index (χ0) is 15.2. The summed E-state index contributed by atoms with van der Waals surface area (Å²) < 4.78 is 0.981. The largest absolute Gasteiger partial charge is 0.397 e. The number of nitrogens with one attached hydrogen (secondary N) is 1. The van der Waals surface area contributed by atoms with Crippen molar-refractivity contribution >= 4 is 33.0 Å². The normalized spacial score (nSPS) is 16.7. The van der Waals surface area contributed by atoms with Gasteiger partial charge in [0.05, 0.1) is 17.8 Å². The maximum Gasteiger partial charge on any atom is 0.264 e. The number of nitrogen functional groups attached to an aromatic ring is 1. The van der Waals surface area contributed by atoms with Gasteiger partial charge in [-0.3, -0.25) is 9.78 Å². The van der Waals surface area contributed by atoms with Crippen molar-refractivity contribution in [3.05, 3.63) is 22.3 Å². The number of rotatable bonds is 3. The van der Waals surface area contributed by atoms with Gasteiger partial charge in [0.25, 0.3) is 5.91 Å². The van der Waals surface area contributed by atoms with Crippen molar-refractivity contribution in [1.29, 1.82) is 0 Å². The van der Waals surface area contributed by atoms with E-state index in [1.165, 1.54) is 11.3 Å². The van der Waals surface area contributed by atoms with Crippen molar-refractivity contribution in [1.82, 2.24) is 10.3 Å². The van der Waals surface area contributed by atoms with E-state index in [1.54, 1.807) is 0 Å². The Morgan fingerprint density at radius 3 is 2.81 bits per heavy atom. The maximum absolute atomic E-state index is 12.5. The number of hydrogen-bond donors (Lipinski definition) is 3. The molecule has 0 unspecified atom stereocenters. The molecule has 1 aliphatic rings. The van der Waals surface area contributed by atoms with Crippen LogP contribution in [0.15, 0.2) is 6.07 Å².